The predicted molar refractivity (Wildman–Crippen MR) is 89.4 cm³/mol. The molecule has 0 atom stereocenters. The number of hydrogen-bond acceptors (Lipinski definition) is 4. The fraction of sp³-hybridized carbons (Fsp3) is 0.0625. The molecule has 3 N–H and O–H groups in total. The molecule has 0 fully saturated rings. The number of nitrogen functional groups attached to an aromatic ring is 1. The first-order valence-electron chi connectivity index (χ1n) is 6.93. The van der Waals surface area contributed by atoms with Crippen LogP contribution >= 0.6 is 11.6 Å². The maximum absolute atomic E-state index is 12.2. The lowest BCUT2D eigenvalue weighted by atomic mass is 10.2. The Morgan fingerprint density at radius 3 is 2.52 bits per heavy atom. The third-order valence-corrected chi connectivity index (χ3v) is 3.52. The van der Waals surface area contributed by atoms with Crippen LogP contribution in [0.25, 0.3) is 0 Å². The average Bonchev–Trinajstić information content (AvgIpc) is 2.92. The van der Waals surface area contributed by atoms with Crippen molar-refractivity contribution in [2.45, 2.75) is 6.54 Å². The SMILES string of the molecule is Nc1c(C(=O)Nc2ccc(Cl)cc2)nnn1Cc1ccccc1. The van der Waals surface area contributed by atoms with Crippen molar-refractivity contribution in [1.29, 1.82) is 0 Å². The molecule has 116 valence electrons. The second kappa shape index (κ2) is 6.50. The number of aromatic nitrogens is 3. The number of anilines is 2. The Kier molecular flexibility index (Phi) is 4.25. The van der Waals surface area contributed by atoms with Crippen LogP contribution in [0.2, 0.25) is 5.02 Å². The number of nitrogens with zero attached hydrogens (tertiary/aromatic N) is 3. The minimum Gasteiger partial charge on any atom is -0.382 e. The third kappa shape index (κ3) is 3.49. The Morgan fingerprint density at radius 2 is 1.83 bits per heavy atom. The molecule has 0 radical (unpaired) electrons. The molecular formula is C16H14ClN5O. The molecule has 0 unspecified atom stereocenters. The van der Waals surface area contributed by atoms with Gasteiger partial charge in [-0.2, -0.15) is 0 Å². The van der Waals surface area contributed by atoms with Crippen LogP contribution in [0.4, 0.5) is 11.5 Å². The summed E-state index contributed by atoms with van der Waals surface area (Å²) >= 11 is 5.81. The smallest absolute Gasteiger partial charge is 0.280 e. The van der Waals surface area contributed by atoms with E-state index in [-0.39, 0.29) is 11.5 Å². The molecular weight excluding hydrogens is 314 g/mol. The van der Waals surface area contributed by atoms with Crippen molar-refractivity contribution < 1.29 is 4.79 Å². The van der Waals surface area contributed by atoms with Gasteiger partial charge in [-0.1, -0.05) is 47.1 Å². The number of carbonyl (C=O) groups is 1. The van der Waals surface area contributed by atoms with Gasteiger partial charge in [-0.3, -0.25) is 4.79 Å². The van der Waals surface area contributed by atoms with E-state index in [2.05, 4.69) is 15.6 Å². The lowest BCUT2D eigenvalue weighted by molar-refractivity contribution is 0.102. The average molecular weight is 328 g/mol. The van der Waals surface area contributed by atoms with Crippen LogP contribution < -0.4 is 11.1 Å². The largest absolute Gasteiger partial charge is 0.382 e. The maximum atomic E-state index is 12.2. The summed E-state index contributed by atoms with van der Waals surface area (Å²) < 4.78 is 1.49. The number of halogens is 1. The van der Waals surface area contributed by atoms with E-state index in [9.17, 15) is 4.79 Å². The molecule has 1 heterocycles. The van der Waals surface area contributed by atoms with Gasteiger partial charge in [-0.05, 0) is 29.8 Å². The molecule has 0 aliphatic carbocycles. The minimum absolute atomic E-state index is 0.0934. The first-order chi connectivity index (χ1) is 11.1. The molecule has 23 heavy (non-hydrogen) atoms. The van der Waals surface area contributed by atoms with Crippen LogP contribution in [0.15, 0.2) is 54.6 Å². The quantitative estimate of drug-likeness (QED) is 0.771. The Morgan fingerprint density at radius 1 is 1.13 bits per heavy atom. The van der Waals surface area contributed by atoms with Gasteiger partial charge in [0.15, 0.2) is 11.5 Å². The van der Waals surface area contributed by atoms with E-state index in [0.29, 0.717) is 17.3 Å². The van der Waals surface area contributed by atoms with E-state index in [1.165, 1.54) is 4.68 Å². The van der Waals surface area contributed by atoms with Crippen LogP contribution in [0.3, 0.4) is 0 Å². The van der Waals surface area contributed by atoms with Crippen LogP contribution in [-0.2, 0) is 6.54 Å². The zero-order valence-electron chi connectivity index (χ0n) is 12.1. The Bertz CT molecular complexity index is 814. The van der Waals surface area contributed by atoms with Crippen molar-refractivity contribution >= 4 is 29.0 Å². The van der Waals surface area contributed by atoms with E-state index >= 15 is 0 Å². The Labute approximate surface area is 137 Å². The zero-order chi connectivity index (χ0) is 16.2. The fourth-order valence-electron chi connectivity index (χ4n) is 2.08. The molecule has 0 saturated carbocycles. The second-order valence-corrected chi connectivity index (χ2v) is 5.36. The number of benzene rings is 2. The summed E-state index contributed by atoms with van der Waals surface area (Å²) in [7, 11) is 0. The molecule has 3 rings (SSSR count). The van der Waals surface area contributed by atoms with Crippen molar-refractivity contribution in [2.24, 2.45) is 0 Å². The molecule has 0 spiro atoms. The molecule has 0 aliphatic heterocycles. The third-order valence-electron chi connectivity index (χ3n) is 3.27. The molecule has 3 aromatic rings. The Balaban J connectivity index is 1.75. The topological polar surface area (TPSA) is 85.8 Å². The van der Waals surface area contributed by atoms with Gasteiger partial charge < -0.3 is 11.1 Å². The molecule has 0 aliphatic rings. The van der Waals surface area contributed by atoms with Gasteiger partial charge in [0.25, 0.3) is 5.91 Å². The van der Waals surface area contributed by atoms with Gasteiger partial charge in [0.2, 0.25) is 0 Å². The Hall–Kier alpha value is -2.86. The maximum Gasteiger partial charge on any atom is 0.280 e. The summed E-state index contributed by atoms with van der Waals surface area (Å²) in [6.07, 6.45) is 0. The van der Waals surface area contributed by atoms with Gasteiger partial charge in [-0.15, -0.1) is 5.10 Å². The first kappa shape index (κ1) is 15.1. The standard InChI is InChI=1S/C16H14ClN5O/c17-12-6-8-13(9-7-12)19-16(23)14-15(18)22(21-20-14)10-11-4-2-1-3-5-11/h1-9H,10,18H2,(H,19,23). The highest BCUT2D eigenvalue weighted by Crippen LogP contribution is 2.16. The highest BCUT2D eigenvalue weighted by Gasteiger charge is 2.17. The van der Waals surface area contributed by atoms with E-state index in [4.69, 9.17) is 17.3 Å². The zero-order valence-corrected chi connectivity index (χ0v) is 12.9. The number of rotatable bonds is 4. The van der Waals surface area contributed by atoms with Crippen molar-refractivity contribution in [1.82, 2.24) is 15.0 Å². The lowest BCUT2D eigenvalue weighted by Crippen LogP contribution is -2.15. The van der Waals surface area contributed by atoms with Gasteiger partial charge in [0.05, 0.1) is 6.54 Å². The number of carbonyl (C=O) groups excluding carboxylic acids is 1. The van der Waals surface area contributed by atoms with E-state index < -0.39 is 5.91 Å². The van der Waals surface area contributed by atoms with Crippen molar-refractivity contribution in [2.75, 3.05) is 11.1 Å². The molecule has 2 aromatic carbocycles. The van der Waals surface area contributed by atoms with Crippen LogP contribution in [0, 0.1) is 0 Å². The van der Waals surface area contributed by atoms with Crippen LogP contribution in [0.5, 0.6) is 0 Å². The molecule has 1 amide bonds. The van der Waals surface area contributed by atoms with Gasteiger partial charge in [0, 0.05) is 10.7 Å². The number of hydrogen-bond donors (Lipinski definition) is 2. The van der Waals surface area contributed by atoms with E-state index in [1.807, 2.05) is 30.3 Å². The summed E-state index contributed by atoms with van der Waals surface area (Å²) in [6.45, 7) is 0.452. The minimum atomic E-state index is -0.413. The summed E-state index contributed by atoms with van der Waals surface area (Å²) in [4.78, 5) is 12.2. The first-order valence-corrected chi connectivity index (χ1v) is 7.31. The van der Waals surface area contributed by atoms with Gasteiger partial charge in [0.1, 0.15) is 0 Å². The number of nitrogens with one attached hydrogen (secondary N) is 1. The number of amides is 1. The van der Waals surface area contributed by atoms with E-state index in [0.717, 1.165) is 5.56 Å². The van der Waals surface area contributed by atoms with Crippen LogP contribution in [-0.4, -0.2) is 20.9 Å². The molecule has 0 saturated heterocycles. The molecule has 6 nitrogen and oxygen atoms in total. The highest BCUT2D eigenvalue weighted by molar-refractivity contribution is 6.30. The van der Waals surface area contributed by atoms with Gasteiger partial charge in [-0.25, -0.2) is 4.68 Å². The van der Waals surface area contributed by atoms with Crippen LogP contribution in [0.1, 0.15) is 16.1 Å². The summed E-state index contributed by atoms with van der Waals surface area (Å²) in [5, 5.41) is 11.1. The number of nitrogens with two attached hydrogens (primary N) is 1. The summed E-state index contributed by atoms with van der Waals surface area (Å²) in [6, 6.07) is 16.5. The van der Waals surface area contributed by atoms with Crippen molar-refractivity contribution in [3.63, 3.8) is 0 Å². The van der Waals surface area contributed by atoms with E-state index in [1.54, 1.807) is 24.3 Å². The second-order valence-electron chi connectivity index (χ2n) is 4.93. The summed E-state index contributed by atoms with van der Waals surface area (Å²) in [5.74, 6) is -0.190. The lowest BCUT2D eigenvalue weighted by Gasteiger charge is -2.05. The molecule has 7 heteroatoms. The fourth-order valence-corrected chi connectivity index (χ4v) is 2.20. The van der Waals surface area contributed by atoms with Crippen molar-refractivity contribution in [3.8, 4) is 0 Å². The van der Waals surface area contributed by atoms with Crippen molar-refractivity contribution in [3.05, 3.63) is 70.9 Å². The molecule has 1 aromatic heterocycles. The predicted octanol–water partition coefficient (Wildman–Crippen LogP) is 2.81. The highest BCUT2D eigenvalue weighted by atomic mass is 35.5. The summed E-state index contributed by atoms with van der Waals surface area (Å²) in [5.41, 5.74) is 7.71. The normalized spacial score (nSPS) is 10.5. The van der Waals surface area contributed by atoms with Gasteiger partial charge >= 0.3 is 0 Å². The molecule has 0 bridgehead atoms. The monoisotopic (exact) mass is 327 g/mol.